The van der Waals surface area contributed by atoms with Crippen LogP contribution in [0, 0.1) is 0 Å². The summed E-state index contributed by atoms with van der Waals surface area (Å²) in [6.45, 7) is 3.55. The van der Waals surface area contributed by atoms with E-state index in [2.05, 4.69) is 27.2 Å². The molecular weight excluding hydrogens is 262 g/mol. The van der Waals surface area contributed by atoms with Crippen molar-refractivity contribution in [3.63, 3.8) is 0 Å². The molecule has 7 heteroatoms. The van der Waals surface area contributed by atoms with E-state index in [1.165, 1.54) is 11.8 Å². The van der Waals surface area contributed by atoms with Crippen molar-refractivity contribution in [2.45, 2.75) is 18.6 Å². The third-order valence-corrected chi connectivity index (χ3v) is 3.20. The second kappa shape index (κ2) is 6.44. The summed E-state index contributed by atoms with van der Waals surface area (Å²) >= 11 is 1.48. The Morgan fingerprint density at radius 2 is 2.32 bits per heavy atom. The lowest BCUT2D eigenvalue weighted by atomic mass is 10.3. The molecule has 0 saturated heterocycles. The van der Waals surface area contributed by atoms with Gasteiger partial charge in [-0.15, -0.1) is 0 Å². The van der Waals surface area contributed by atoms with Crippen molar-refractivity contribution in [1.29, 1.82) is 0 Å². The van der Waals surface area contributed by atoms with E-state index in [1.807, 2.05) is 24.5 Å². The highest BCUT2D eigenvalue weighted by Gasteiger charge is 2.11. The highest BCUT2D eigenvalue weighted by molar-refractivity contribution is 7.98. The van der Waals surface area contributed by atoms with Crippen LogP contribution in [0.15, 0.2) is 34.0 Å². The summed E-state index contributed by atoms with van der Waals surface area (Å²) in [6, 6.07) is 5.65. The van der Waals surface area contributed by atoms with Crippen LogP contribution in [0.25, 0.3) is 0 Å². The average molecular weight is 279 g/mol. The Morgan fingerprint density at radius 1 is 1.47 bits per heavy atom. The lowest BCUT2D eigenvalue weighted by Crippen LogP contribution is -2.23. The minimum Gasteiger partial charge on any atom is -0.467 e. The fraction of sp³-hybridized carbons (Fsp3) is 0.333. The molecule has 0 radical (unpaired) electrons. The number of aromatic nitrogens is 2. The first-order valence-electron chi connectivity index (χ1n) is 5.93. The molecule has 2 aromatic rings. The first kappa shape index (κ1) is 13.7. The number of nitrogens with zero attached hydrogens (tertiary/aromatic N) is 3. The van der Waals surface area contributed by atoms with E-state index in [4.69, 9.17) is 10.3 Å². The minimum atomic E-state index is 0.604. The van der Waals surface area contributed by atoms with Crippen LogP contribution in [0.4, 0.5) is 11.6 Å². The van der Waals surface area contributed by atoms with E-state index < -0.39 is 0 Å². The lowest BCUT2D eigenvalue weighted by molar-refractivity contribution is 0.502. The molecule has 2 rings (SSSR count). The van der Waals surface area contributed by atoms with Gasteiger partial charge in [-0.25, -0.2) is 15.8 Å². The Hall–Kier alpha value is -1.73. The fourth-order valence-corrected chi connectivity index (χ4v) is 2.06. The number of hydrogen-bond acceptors (Lipinski definition) is 7. The smallest absolute Gasteiger partial charge is 0.191 e. The van der Waals surface area contributed by atoms with Crippen LogP contribution in [-0.2, 0) is 6.54 Å². The molecule has 6 nitrogen and oxygen atoms in total. The number of furan rings is 1. The van der Waals surface area contributed by atoms with Crippen LogP contribution in [0.3, 0.4) is 0 Å². The SMILES string of the molecule is CCN(Cc1ccco1)c1cc(NN)nc(SC)n1. The molecule has 0 aliphatic heterocycles. The molecular formula is C12H17N5OS. The van der Waals surface area contributed by atoms with Crippen molar-refractivity contribution >= 4 is 23.4 Å². The van der Waals surface area contributed by atoms with Gasteiger partial charge in [0.2, 0.25) is 0 Å². The Morgan fingerprint density at radius 3 is 2.89 bits per heavy atom. The monoisotopic (exact) mass is 279 g/mol. The maximum absolute atomic E-state index is 5.43. The number of rotatable bonds is 6. The van der Waals surface area contributed by atoms with Crippen LogP contribution in [0.5, 0.6) is 0 Å². The van der Waals surface area contributed by atoms with Crippen molar-refractivity contribution in [3.8, 4) is 0 Å². The normalized spacial score (nSPS) is 10.5. The Balaban J connectivity index is 2.26. The number of nitrogens with two attached hydrogens (primary N) is 1. The van der Waals surface area contributed by atoms with E-state index in [0.717, 1.165) is 18.1 Å². The van der Waals surface area contributed by atoms with Crippen molar-refractivity contribution in [2.24, 2.45) is 5.84 Å². The van der Waals surface area contributed by atoms with E-state index in [-0.39, 0.29) is 0 Å². The Kier molecular flexibility index (Phi) is 4.64. The summed E-state index contributed by atoms with van der Waals surface area (Å²) in [5.74, 6) is 7.76. The van der Waals surface area contributed by atoms with Crippen molar-refractivity contribution in [2.75, 3.05) is 23.1 Å². The van der Waals surface area contributed by atoms with E-state index >= 15 is 0 Å². The number of nitrogen functional groups attached to an aromatic ring is 1. The van der Waals surface area contributed by atoms with Crippen molar-refractivity contribution < 1.29 is 4.42 Å². The molecule has 0 atom stereocenters. The van der Waals surface area contributed by atoms with E-state index in [0.29, 0.717) is 17.5 Å². The van der Waals surface area contributed by atoms with E-state index in [1.54, 1.807) is 6.26 Å². The number of anilines is 2. The fourth-order valence-electron chi connectivity index (χ4n) is 1.69. The van der Waals surface area contributed by atoms with Crippen LogP contribution in [0.1, 0.15) is 12.7 Å². The molecule has 0 amide bonds. The number of nitrogens with one attached hydrogen (secondary N) is 1. The summed E-state index contributed by atoms with van der Waals surface area (Å²) in [4.78, 5) is 10.8. The van der Waals surface area contributed by atoms with Gasteiger partial charge in [-0.05, 0) is 25.3 Å². The summed E-state index contributed by atoms with van der Waals surface area (Å²) in [5.41, 5.74) is 2.57. The number of thioether (sulfide) groups is 1. The summed E-state index contributed by atoms with van der Waals surface area (Å²) in [7, 11) is 0. The molecule has 102 valence electrons. The van der Waals surface area contributed by atoms with Gasteiger partial charge in [-0.1, -0.05) is 11.8 Å². The molecule has 0 fully saturated rings. The molecule has 0 aliphatic rings. The topological polar surface area (TPSA) is 80.2 Å². The zero-order valence-electron chi connectivity index (χ0n) is 11.0. The Bertz CT molecular complexity index is 495. The predicted molar refractivity (Wildman–Crippen MR) is 77.1 cm³/mol. The third kappa shape index (κ3) is 3.39. The highest BCUT2D eigenvalue weighted by Crippen LogP contribution is 2.21. The zero-order chi connectivity index (χ0) is 13.7. The molecule has 0 bridgehead atoms. The Labute approximate surface area is 116 Å². The quantitative estimate of drug-likeness (QED) is 0.363. The first-order chi connectivity index (χ1) is 9.26. The molecule has 0 aliphatic carbocycles. The maximum Gasteiger partial charge on any atom is 0.191 e. The number of hydrogen-bond donors (Lipinski definition) is 2. The summed E-state index contributed by atoms with van der Waals surface area (Å²) < 4.78 is 5.37. The van der Waals surface area contributed by atoms with E-state index in [9.17, 15) is 0 Å². The minimum absolute atomic E-state index is 0.604. The second-order valence-corrected chi connectivity index (χ2v) is 4.61. The van der Waals surface area contributed by atoms with Gasteiger partial charge in [0.1, 0.15) is 17.4 Å². The van der Waals surface area contributed by atoms with Gasteiger partial charge in [-0.3, -0.25) is 0 Å². The average Bonchev–Trinajstić information content (AvgIpc) is 2.97. The van der Waals surface area contributed by atoms with Crippen molar-refractivity contribution in [1.82, 2.24) is 9.97 Å². The standard InChI is InChI=1S/C12H17N5OS/c1-3-17(8-9-5-4-6-18-9)11-7-10(16-13)14-12(15-11)19-2/h4-7H,3,8,13H2,1-2H3,(H,14,15,16). The van der Waals surface area contributed by atoms with Crippen LogP contribution in [-0.4, -0.2) is 22.8 Å². The molecule has 0 spiro atoms. The lowest BCUT2D eigenvalue weighted by Gasteiger charge is -2.21. The third-order valence-electron chi connectivity index (χ3n) is 2.66. The second-order valence-electron chi connectivity index (χ2n) is 3.84. The highest BCUT2D eigenvalue weighted by atomic mass is 32.2. The summed E-state index contributed by atoms with van der Waals surface area (Å²) in [6.07, 6.45) is 3.60. The largest absolute Gasteiger partial charge is 0.467 e. The van der Waals surface area contributed by atoms with Gasteiger partial charge in [0.25, 0.3) is 0 Å². The van der Waals surface area contributed by atoms with Gasteiger partial charge in [0.15, 0.2) is 5.16 Å². The maximum atomic E-state index is 5.43. The molecule has 2 aromatic heterocycles. The van der Waals surface area contributed by atoms with Crippen LogP contribution < -0.4 is 16.2 Å². The molecule has 2 heterocycles. The van der Waals surface area contributed by atoms with Gasteiger partial charge >= 0.3 is 0 Å². The molecule has 19 heavy (non-hydrogen) atoms. The predicted octanol–water partition coefficient (Wildman–Crippen LogP) is 2.10. The molecule has 0 unspecified atom stereocenters. The van der Waals surface area contributed by atoms with Crippen LogP contribution in [0.2, 0.25) is 0 Å². The van der Waals surface area contributed by atoms with Gasteiger partial charge in [0.05, 0.1) is 12.8 Å². The number of hydrazine groups is 1. The first-order valence-corrected chi connectivity index (χ1v) is 7.16. The zero-order valence-corrected chi connectivity index (χ0v) is 11.8. The summed E-state index contributed by atoms with van der Waals surface area (Å²) in [5, 5.41) is 0.684. The molecule has 3 N–H and O–H groups in total. The molecule has 0 aromatic carbocycles. The molecule has 0 saturated carbocycles. The van der Waals surface area contributed by atoms with Gasteiger partial charge in [0, 0.05) is 12.6 Å². The van der Waals surface area contributed by atoms with Gasteiger partial charge in [-0.2, -0.15) is 0 Å². The van der Waals surface area contributed by atoms with Crippen molar-refractivity contribution in [3.05, 3.63) is 30.2 Å². The van der Waals surface area contributed by atoms with Gasteiger partial charge < -0.3 is 14.7 Å². The van der Waals surface area contributed by atoms with Crippen LogP contribution >= 0.6 is 11.8 Å².